The van der Waals surface area contributed by atoms with Crippen molar-refractivity contribution in [3.63, 3.8) is 0 Å². The highest BCUT2D eigenvalue weighted by Crippen LogP contribution is 2.41. The van der Waals surface area contributed by atoms with Gasteiger partial charge in [-0.2, -0.15) is 0 Å². The fourth-order valence-electron chi connectivity index (χ4n) is 7.07. The smallest absolute Gasteiger partial charge is 0.178 e. The van der Waals surface area contributed by atoms with Crippen molar-refractivity contribution in [2.45, 2.75) is 0 Å². The molecule has 3 nitrogen and oxygen atoms in total. The fraction of sp³-hybridized carbons (Fsp3) is 0. The second kappa shape index (κ2) is 9.22. The second-order valence-electron chi connectivity index (χ2n) is 11.7. The van der Waals surface area contributed by atoms with Gasteiger partial charge in [-0.15, -0.1) is 0 Å². The summed E-state index contributed by atoms with van der Waals surface area (Å²) in [5, 5.41) is 6.79. The van der Waals surface area contributed by atoms with Crippen molar-refractivity contribution in [1.82, 2.24) is 4.57 Å². The summed E-state index contributed by atoms with van der Waals surface area (Å²) >= 11 is 0. The molecule has 0 fully saturated rings. The molecule has 10 aromatic rings. The molecule has 0 spiro atoms. The highest BCUT2D eigenvalue weighted by molar-refractivity contribution is 6.19. The van der Waals surface area contributed by atoms with Crippen molar-refractivity contribution >= 4 is 65.7 Å². The molecule has 3 aromatic heterocycles. The number of hydrogen-bond acceptors (Lipinski definition) is 2. The van der Waals surface area contributed by atoms with Gasteiger partial charge in [-0.3, -0.25) is 0 Å². The summed E-state index contributed by atoms with van der Waals surface area (Å²) in [6.45, 7) is 0. The van der Waals surface area contributed by atoms with Crippen LogP contribution in [0.4, 0.5) is 0 Å². The molecule has 45 heavy (non-hydrogen) atoms. The molecule has 0 bridgehead atoms. The van der Waals surface area contributed by atoms with Crippen molar-refractivity contribution in [3.05, 3.63) is 152 Å². The Kier molecular flexibility index (Phi) is 5.00. The minimum absolute atomic E-state index is 0.790. The lowest BCUT2D eigenvalue weighted by Crippen LogP contribution is -1.92. The molecule has 0 aliphatic heterocycles. The summed E-state index contributed by atoms with van der Waals surface area (Å²) in [7, 11) is 0. The Morgan fingerprint density at radius 3 is 1.51 bits per heavy atom. The SMILES string of the molecule is c1ccc(-c2ccc3oc4c(ccc5c6cc(-c7ccc8c(c7)c7ccccc7n8-c7ccccc7)ccc6oc54)c3c2)cc1. The molecule has 0 aliphatic rings. The molecule has 3 heterocycles. The fourth-order valence-corrected chi connectivity index (χ4v) is 7.07. The molecular weight excluding hydrogens is 550 g/mol. The maximum atomic E-state index is 6.48. The average Bonchev–Trinajstić information content (AvgIpc) is 3.77. The molecule has 0 saturated carbocycles. The first-order chi connectivity index (χ1) is 22.3. The number of fused-ring (bicyclic) bond motifs is 10. The third-order valence-electron chi connectivity index (χ3n) is 9.20. The van der Waals surface area contributed by atoms with Gasteiger partial charge in [0, 0.05) is 38.0 Å². The molecule has 10 rings (SSSR count). The number of rotatable bonds is 3. The van der Waals surface area contributed by atoms with E-state index in [1.807, 2.05) is 6.07 Å². The number of para-hydroxylation sites is 2. The minimum atomic E-state index is 0.790. The summed E-state index contributed by atoms with van der Waals surface area (Å²) in [5.41, 5.74) is 11.6. The van der Waals surface area contributed by atoms with Crippen molar-refractivity contribution in [2.75, 3.05) is 0 Å². The van der Waals surface area contributed by atoms with Gasteiger partial charge in [-0.25, -0.2) is 0 Å². The predicted molar refractivity (Wildman–Crippen MR) is 186 cm³/mol. The molecule has 0 aliphatic carbocycles. The number of aromatic nitrogens is 1. The van der Waals surface area contributed by atoms with Crippen LogP contribution in [0.25, 0.3) is 93.6 Å². The van der Waals surface area contributed by atoms with E-state index < -0.39 is 0 Å². The van der Waals surface area contributed by atoms with Crippen LogP contribution in [-0.4, -0.2) is 4.57 Å². The maximum absolute atomic E-state index is 6.48. The van der Waals surface area contributed by atoms with Crippen molar-refractivity contribution in [2.24, 2.45) is 0 Å². The van der Waals surface area contributed by atoms with E-state index in [1.54, 1.807) is 0 Å². The minimum Gasteiger partial charge on any atom is -0.452 e. The Hall–Kier alpha value is -6.06. The lowest BCUT2D eigenvalue weighted by molar-refractivity contribution is 0.633. The number of hydrogen-bond donors (Lipinski definition) is 0. The van der Waals surface area contributed by atoms with E-state index in [0.717, 1.165) is 55.1 Å². The summed E-state index contributed by atoms with van der Waals surface area (Å²) < 4.78 is 15.3. The van der Waals surface area contributed by atoms with Crippen molar-refractivity contribution in [3.8, 4) is 27.9 Å². The van der Waals surface area contributed by atoms with Gasteiger partial charge in [-0.1, -0.05) is 84.9 Å². The summed E-state index contributed by atoms with van der Waals surface area (Å²) in [6.07, 6.45) is 0. The van der Waals surface area contributed by atoms with Crippen molar-refractivity contribution in [1.29, 1.82) is 0 Å². The third kappa shape index (κ3) is 3.58. The van der Waals surface area contributed by atoms with Crippen LogP contribution < -0.4 is 0 Å². The Morgan fingerprint density at radius 1 is 0.333 bits per heavy atom. The molecule has 0 radical (unpaired) electrons. The molecule has 3 heteroatoms. The monoisotopic (exact) mass is 575 g/mol. The van der Waals surface area contributed by atoms with E-state index in [9.17, 15) is 0 Å². The average molecular weight is 576 g/mol. The second-order valence-corrected chi connectivity index (χ2v) is 11.7. The normalized spacial score (nSPS) is 12.0. The van der Waals surface area contributed by atoms with Crippen LogP contribution in [-0.2, 0) is 0 Å². The van der Waals surface area contributed by atoms with Crippen LogP contribution in [0.15, 0.2) is 160 Å². The molecule has 0 unspecified atom stereocenters. The van der Waals surface area contributed by atoms with E-state index >= 15 is 0 Å². The topological polar surface area (TPSA) is 31.2 Å². The van der Waals surface area contributed by atoms with Gasteiger partial charge < -0.3 is 13.4 Å². The van der Waals surface area contributed by atoms with Crippen LogP contribution in [0.2, 0.25) is 0 Å². The van der Waals surface area contributed by atoms with Gasteiger partial charge in [-0.05, 0) is 89.0 Å². The lowest BCUT2D eigenvalue weighted by atomic mass is 10.00. The molecule has 0 N–H and O–H groups in total. The first kappa shape index (κ1) is 24.4. The van der Waals surface area contributed by atoms with E-state index in [1.165, 1.54) is 38.5 Å². The Balaban J connectivity index is 1.13. The Labute approximate surface area is 258 Å². The Bertz CT molecular complexity index is 2740. The van der Waals surface area contributed by atoms with Crippen LogP contribution in [0, 0.1) is 0 Å². The molecule has 210 valence electrons. The van der Waals surface area contributed by atoms with Crippen molar-refractivity contribution < 1.29 is 8.83 Å². The molecule has 0 saturated heterocycles. The van der Waals surface area contributed by atoms with E-state index in [-0.39, 0.29) is 0 Å². The maximum Gasteiger partial charge on any atom is 0.178 e. The highest BCUT2D eigenvalue weighted by atomic mass is 16.4. The zero-order valence-electron chi connectivity index (χ0n) is 24.2. The highest BCUT2D eigenvalue weighted by Gasteiger charge is 2.18. The van der Waals surface area contributed by atoms with Gasteiger partial charge in [0.1, 0.15) is 11.2 Å². The first-order valence-electron chi connectivity index (χ1n) is 15.3. The summed E-state index contributed by atoms with van der Waals surface area (Å²) in [4.78, 5) is 0. The van der Waals surface area contributed by atoms with Crippen LogP contribution in [0.5, 0.6) is 0 Å². The standard InChI is InChI=1S/C42H25NO2/c1-3-9-26(10-4-1)27-16-21-39-35(24-27)32-18-19-33-36-25-29(17-22-40(36)45-42(33)41(32)44-39)28-15-20-38-34(23-28)31-13-7-8-14-37(31)43(38)30-11-5-2-6-12-30/h1-25H. The number of nitrogens with zero attached hydrogens (tertiary/aromatic N) is 1. The Morgan fingerprint density at radius 2 is 0.844 bits per heavy atom. The van der Waals surface area contributed by atoms with Gasteiger partial charge in [0.2, 0.25) is 0 Å². The third-order valence-corrected chi connectivity index (χ3v) is 9.20. The van der Waals surface area contributed by atoms with E-state index in [0.29, 0.717) is 0 Å². The van der Waals surface area contributed by atoms with Crippen LogP contribution in [0.3, 0.4) is 0 Å². The molecule has 0 amide bonds. The molecule has 7 aromatic carbocycles. The number of furan rings is 2. The summed E-state index contributed by atoms with van der Waals surface area (Å²) in [5.74, 6) is 0. The van der Waals surface area contributed by atoms with E-state index in [2.05, 4.69) is 150 Å². The van der Waals surface area contributed by atoms with Gasteiger partial charge in [0.25, 0.3) is 0 Å². The largest absolute Gasteiger partial charge is 0.452 e. The number of benzene rings is 7. The van der Waals surface area contributed by atoms with Crippen LogP contribution in [0.1, 0.15) is 0 Å². The zero-order chi connectivity index (χ0) is 29.5. The van der Waals surface area contributed by atoms with Gasteiger partial charge in [0.05, 0.1) is 11.0 Å². The summed E-state index contributed by atoms with van der Waals surface area (Å²) in [6, 6.07) is 53.7. The zero-order valence-corrected chi connectivity index (χ0v) is 24.2. The first-order valence-corrected chi connectivity index (χ1v) is 15.3. The van der Waals surface area contributed by atoms with Gasteiger partial charge in [0.15, 0.2) is 11.2 Å². The van der Waals surface area contributed by atoms with E-state index in [4.69, 9.17) is 8.83 Å². The van der Waals surface area contributed by atoms with Crippen LogP contribution >= 0.6 is 0 Å². The van der Waals surface area contributed by atoms with Gasteiger partial charge >= 0.3 is 0 Å². The molecule has 0 atom stereocenters. The quantitative estimate of drug-likeness (QED) is 0.210. The lowest BCUT2D eigenvalue weighted by Gasteiger charge is -2.08. The predicted octanol–water partition coefficient (Wildman–Crippen LogP) is 11.9. The molecular formula is C42H25NO2.